The lowest BCUT2D eigenvalue weighted by atomic mass is 9.75. The van der Waals surface area contributed by atoms with Crippen LogP contribution in [0.5, 0.6) is 0 Å². The van der Waals surface area contributed by atoms with Crippen molar-refractivity contribution in [3.8, 4) is 11.1 Å². The normalized spacial score (nSPS) is 16.7. The highest BCUT2D eigenvalue weighted by Gasteiger charge is 2.47. The molecule has 2 aliphatic carbocycles. The van der Waals surface area contributed by atoms with E-state index < -0.39 is 0 Å². The van der Waals surface area contributed by atoms with Crippen LogP contribution in [0.4, 0.5) is 11.4 Å². The number of hydrogen-bond donors (Lipinski definition) is 0. The Morgan fingerprint density at radius 3 is 2.13 bits per heavy atom. The van der Waals surface area contributed by atoms with Gasteiger partial charge in [-0.15, -0.1) is 0 Å². The Balaban J connectivity index is 1.43. The number of nitrogens with zero attached hydrogens (tertiary/aromatic N) is 1. The maximum atomic E-state index is 2.47. The number of allylic oxidation sites excluding steroid dienone is 1. The van der Waals surface area contributed by atoms with E-state index in [-0.39, 0.29) is 5.41 Å². The molecule has 7 rings (SSSR count). The first-order valence-electron chi connectivity index (χ1n) is 11.2. The van der Waals surface area contributed by atoms with E-state index in [1.807, 2.05) is 0 Å². The molecule has 1 aliphatic heterocycles. The van der Waals surface area contributed by atoms with Gasteiger partial charge in [0.05, 0.1) is 0 Å². The SMILES string of the molecule is C1=CN(c2ccc3c(c2)C2(Cc4ccccc4C2)c2ccccc2-3)c2ccccc2C1. The summed E-state index contributed by atoms with van der Waals surface area (Å²) < 4.78 is 0. The molecule has 148 valence electrons. The van der Waals surface area contributed by atoms with E-state index in [9.17, 15) is 0 Å². The fraction of sp³-hybridized carbons (Fsp3) is 0.133. The standard InChI is InChI=1S/C30H23N/c1-2-10-23-20-30(19-22(23)9-1)27-13-5-4-12-25(27)26-16-15-24(18-28(26)30)31-17-7-11-21-8-3-6-14-29(21)31/h1-10,12-18H,11,19-20H2. The molecular weight excluding hydrogens is 374 g/mol. The molecule has 31 heavy (non-hydrogen) atoms. The van der Waals surface area contributed by atoms with Crippen LogP contribution in [-0.2, 0) is 24.7 Å². The number of anilines is 2. The van der Waals surface area contributed by atoms with Gasteiger partial charge < -0.3 is 4.90 Å². The molecule has 4 aromatic carbocycles. The Morgan fingerprint density at radius 1 is 0.613 bits per heavy atom. The van der Waals surface area contributed by atoms with Crippen molar-refractivity contribution >= 4 is 11.4 Å². The minimum Gasteiger partial charge on any atom is -0.317 e. The topological polar surface area (TPSA) is 3.24 Å². The monoisotopic (exact) mass is 397 g/mol. The Labute approximate surface area is 183 Å². The van der Waals surface area contributed by atoms with Crippen molar-refractivity contribution in [3.05, 3.63) is 131 Å². The second kappa shape index (κ2) is 6.21. The highest BCUT2D eigenvalue weighted by Crippen LogP contribution is 2.56. The minimum atomic E-state index is 0.0463. The summed E-state index contributed by atoms with van der Waals surface area (Å²) in [6.07, 6.45) is 7.68. The van der Waals surface area contributed by atoms with Crippen molar-refractivity contribution in [2.24, 2.45) is 0 Å². The lowest BCUT2D eigenvalue weighted by Crippen LogP contribution is -2.26. The van der Waals surface area contributed by atoms with E-state index in [0.717, 1.165) is 19.3 Å². The fourth-order valence-corrected chi connectivity index (χ4v) is 6.10. The predicted molar refractivity (Wildman–Crippen MR) is 128 cm³/mol. The van der Waals surface area contributed by atoms with Gasteiger partial charge in [0.15, 0.2) is 0 Å². The summed E-state index contributed by atoms with van der Waals surface area (Å²) in [6.45, 7) is 0. The van der Waals surface area contributed by atoms with Crippen LogP contribution in [0.3, 0.4) is 0 Å². The summed E-state index contributed by atoms with van der Waals surface area (Å²) in [4.78, 5) is 2.36. The summed E-state index contributed by atoms with van der Waals surface area (Å²) in [6, 6.07) is 33.9. The number of para-hydroxylation sites is 1. The van der Waals surface area contributed by atoms with Gasteiger partial charge in [0, 0.05) is 23.0 Å². The van der Waals surface area contributed by atoms with E-state index >= 15 is 0 Å². The molecule has 0 saturated carbocycles. The van der Waals surface area contributed by atoms with Crippen LogP contribution >= 0.6 is 0 Å². The zero-order chi connectivity index (χ0) is 20.4. The van der Waals surface area contributed by atoms with Crippen LogP contribution in [0.1, 0.15) is 27.8 Å². The number of benzene rings is 4. The Kier molecular flexibility index (Phi) is 3.43. The molecule has 0 N–H and O–H groups in total. The smallest absolute Gasteiger partial charge is 0.0490 e. The van der Waals surface area contributed by atoms with Crippen molar-refractivity contribution in [1.82, 2.24) is 0 Å². The molecule has 0 fully saturated rings. The van der Waals surface area contributed by atoms with Gasteiger partial charge in [0.25, 0.3) is 0 Å². The van der Waals surface area contributed by atoms with Gasteiger partial charge in [-0.05, 0) is 76.4 Å². The maximum Gasteiger partial charge on any atom is 0.0490 e. The molecule has 4 aromatic rings. The first kappa shape index (κ1) is 17.1. The molecule has 1 nitrogen and oxygen atoms in total. The molecule has 0 aromatic heterocycles. The van der Waals surface area contributed by atoms with Crippen molar-refractivity contribution < 1.29 is 0 Å². The summed E-state index contributed by atoms with van der Waals surface area (Å²) in [5.41, 5.74) is 12.8. The van der Waals surface area contributed by atoms with E-state index in [1.54, 1.807) is 0 Å². The van der Waals surface area contributed by atoms with Crippen molar-refractivity contribution in [1.29, 1.82) is 0 Å². The van der Waals surface area contributed by atoms with Gasteiger partial charge in [0.2, 0.25) is 0 Å². The molecule has 0 bridgehead atoms. The van der Waals surface area contributed by atoms with Crippen molar-refractivity contribution in [2.75, 3.05) is 4.90 Å². The molecule has 0 radical (unpaired) electrons. The van der Waals surface area contributed by atoms with Gasteiger partial charge in [0.1, 0.15) is 0 Å². The Hall–Kier alpha value is -3.58. The van der Waals surface area contributed by atoms with E-state index in [2.05, 4.69) is 108 Å². The summed E-state index contributed by atoms with van der Waals surface area (Å²) in [7, 11) is 0. The van der Waals surface area contributed by atoms with E-state index in [0.29, 0.717) is 0 Å². The van der Waals surface area contributed by atoms with Crippen molar-refractivity contribution in [3.63, 3.8) is 0 Å². The highest BCUT2D eigenvalue weighted by molar-refractivity contribution is 5.85. The van der Waals surface area contributed by atoms with Gasteiger partial charge in [-0.1, -0.05) is 78.9 Å². The first-order valence-corrected chi connectivity index (χ1v) is 11.2. The average Bonchev–Trinajstić information content (AvgIpc) is 3.35. The second-order valence-electron chi connectivity index (χ2n) is 9.07. The minimum absolute atomic E-state index is 0.0463. The quantitative estimate of drug-likeness (QED) is 0.335. The molecule has 3 aliphatic rings. The molecule has 0 amide bonds. The van der Waals surface area contributed by atoms with Crippen LogP contribution in [0.15, 0.2) is 103 Å². The van der Waals surface area contributed by atoms with Crippen LogP contribution in [-0.4, -0.2) is 0 Å². The second-order valence-corrected chi connectivity index (χ2v) is 9.07. The van der Waals surface area contributed by atoms with Crippen LogP contribution in [0.25, 0.3) is 11.1 Å². The lowest BCUT2D eigenvalue weighted by Gasteiger charge is -2.30. The molecule has 0 saturated heterocycles. The third-order valence-corrected chi connectivity index (χ3v) is 7.48. The summed E-state index contributed by atoms with van der Waals surface area (Å²) in [5, 5.41) is 0. The molecule has 1 heteroatoms. The highest BCUT2D eigenvalue weighted by atomic mass is 15.1. The molecule has 0 unspecified atom stereocenters. The predicted octanol–water partition coefficient (Wildman–Crippen LogP) is 6.96. The zero-order valence-corrected chi connectivity index (χ0v) is 17.4. The molecule has 1 spiro atoms. The third-order valence-electron chi connectivity index (χ3n) is 7.48. The van der Waals surface area contributed by atoms with Crippen LogP contribution in [0.2, 0.25) is 0 Å². The summed E-state index contributed by atoms with van der Waals surface area (Å²) in [5.74, 6) is 0. The third kappa shape index (κ3) is 2.32. The van der Waals surface area contributed by atoms with Crippen molar-refractivity contribution in [2.45, 2.75) is 24.7 Å². The number of hydrogen-bond acceptors (Lipinski definition) is 1. The fourth-order valence-electron chi connectivity index (χ4n) is 6.10. The van der Waals surface area contributed by atoms with Gasteiger partial charge >= 0.3 is 0 Å². The van der Waals surface area contributed by atoms with Gasteiger partial charge in [-0.25, -0.2) is 0 Å². The number of rotatable bonds is 1. The summed E-state index contributed by atoms with van der Waals surface area (Å²) >= 11 is 0. The number of fused-ring (bicyclic) bond motifs is 7. The van der Waals surface area contributed by atoms with Crippen LogP contribution < -0.4 is 4.90 Å². The Bertz CT molecular complexity index is 1350. The van der Waals surface area contributed by atoms with E-state index in [1.165, 1.54) is 50.3 Å². The van der Waals surface area contributed by atoms with Gasteiger partial charge in [-0.3, -0.25) is 0 Å². The molecule has 0 atom stereocenters. The first-order chi connectivity index (χ1) is 15.3. The Morgan fingerprint density at radius 2 is 1.29 bits per heavy atom. The largest absolute Gasteiger partial charge is 0.317 e. The maximum absolute atomic E-state index is 2.47. The van der Waals surface area contributed by atoms with Crippen LogP contribution in [0, 0.1) is 0 Å². The van der Waals surface area contributed by atoms with E-state index in [4.69, 9.17) is 0 Å². The lowest BCUT2D eigenvalue weighted by molar-refractivity contribution is 0.563. The zero-order valence-electron chi connectivity index (χ0n) is 17.4. The van der Waals surface area contributed by atoms with Gasteiger partial charge in [-0.2, -0.15) is 0 Å². The molecular formula is C30H23N. The molecule has 1 heterocycles. The average molecular weight is 398 g/mol.